The van der Waals surface area contributed by atoms with Gasteiger partial charge < -0.3 is 10.0 Å². The molecule has 0 bridgehead atoms. The predicted molar refractivity (Wildman–Crippen MR) is 71.3 cm³/mol. The van der Waals surface area contributed by atoms with Crippen molar-refractivity contribution in [3.05, 3.63) is 0 Å². The van der Waals surface area contributed by atoms with Crippen molar-refractivity contribution in [3.8, 4) is 0 Å². The molecule has 0 spiro atoms. The Morgan fingerprint density at radius 1 is 1.22 bits per heavy atom. The van der Waals surface area contributed by atoms with Crippen molar-refractivity contribution in [3.63, 3.8) is 0 Å². The minimum atomic E-state index is -0.0163. The number of hydrogen-bond donors (Lipinski definition) is 1. The van der Waals surface area contributed by atoms with Gasteiger partial charge in [0.15, 0.2) is 0 Å². The van der Waals surface area contributed by atoms with Gasteiger partial charge >= 0.3 is 0 Å². The van der Waals surface area contributed by atoms with E-state index in [1.807, 2.05) is 11.8 Å². The van der Waals surface area contributed by atoms with Crippen molar-refractivity contribution >= 4 is 5.91 Å². The van der Waals surface area contributed by atoms with E-state index in [0.717, 1.165) is 51.9 Å². The number of aliphatic hydroxyl groups is 1. The van der Waals surface area contributed by atoms with Crippen LogP contribution in [0, 0.1) is 5.92 Å². The van der Waals surface area contributed by atoms with Gasteiger partial charge in [-0.2, -0.15) is 0 Å². The maximum Gasteiger partial charge on any atom is 0.239 e. The summed E-state index contributed by atoms with van der Waals surface area (Å²) in [6, 6.07) is -0.0163. The molecule has 0 aromatic rings. The first-order valence-electron chi connectivity index (χ1n) is 7.36. The molecule has 4 heteroatoms. The zero-order valence-electron chi connectivity index (χ0n) is 11.5. The molecular formula is C14H26N2O2. The fourth-order valence-electron chi connectivity index (χ4n) is 3.13. The molecule has 2 unspecified atom stereocenters. The summed E-state index contributed by atoms with van der Waals surface area (Å²) in [4.78, 5) is 16.7. The lowest BCUT2D eigenvalue weighted by atomic mass is 9.97. The van der Waals surface area contributed by atoms with Crippen molar-refractivity contribution in [2.24, 2.45) is 5.92 Å². The molecule has 0 aromatic carbocycles. The van der Waals surface area contributed by atoms with Crippen LogP contribution in [0.4, 0.5) is 0 Å². The van der Waals surface area contributed by atoms with Gasteiger partial charge in [0.25, 0.3) is 0 Å². The van der Waals surface area contributed by atoms with Crippen LogP contribution < -0.4 is 0 Å². The van der Waals surface area contributed by atoms with E-state index in [1.54, 1.807) is 0 Å². The van der Waals surface area contributed by atoms with Gasteiger partial charge in [0, 0.05) is 26.2 Å². The monoisotopic (exact) mass is 254 g/mol. The molecule has 2 fully saturated rings. The minimum Gasteiger partial charge on any atom is -0.396 e. The topological polar surface area (TPSA) is 43.8 Å². The Morgan fingerprint density at radius 3 is 2.61 bits per heavy atom. The smallest absolute Gasteiger partial charge is 0.239 e. The molecule has 0 radical (unpaired) electrons. The number of piperidine rings is 2. The molecule has 0 aromatic heterocycles. The minimum absolute atomic E-state index is 0.0163. The van der Waals surface area contributed by atoms with Crippen molar-refractivity contribution < 1.29 is 9.90 Å². The third-order valence-corrected chi connectivity index (χ3v) is 4.38. The third kappa shape index (κ3) is 3.23. The van der Waals surface area contributed by atoms with Crippen LogP contribution >= 0.6 is 0 Å². The molecule has 1 N–H and O–H groups in total. The normalized spacial score (nSPS) is 28.1. The van der Waals surface area contributed by atoms with E-state index < -0.39 is 0 Å². The number of hydrogen-bond acceptors (Lipinski definition) is 3. The summed E-state index contributed by atoms with van der Waals surface area (Å²) in [5, 5.41) is 9.26. The fourth-order valence-corrected chi connectivity index (χ4v) is 3.13. The molecule has 4 nitrogen and oxygen atoms in total. The average Bonchev–Trinajstić information content (AvgIpc) is 2.46. The second-order valence-electron chi connectivity index (χ2n) is 5.75. The van der Waals surface area contributed by atoms with E-state index in [4.69, 9.17) is 0 Å². The number of likely N-dealkylation sites (tertiary alicyclic amines) is 2. The second-order valence-corrected chi connectivity index (χ2v) is 5.75. The first kappa shape index (κ1) is 13.8. The number of nitrogens with zero attached hydrogens (tertiary/aromatic N) is 2. The lowest BCUT2D eigenvalue weighted by Crippen LogP contribution is -2.51. The highest BCUT2D eigenvalue weighted by atomic mass is 16.3. The number of rotatable bonds is 3. The molecule has 0 aliphatic carbocycles. The van der Waals surface area contributed by atoms with Crippen molar-refractivity contribution in [2.75, 3.05) is 32.8 Å². The first-order valence-corrected chi connectivity index (χ1v) is 7.36. The van der Waals surface area contributed by atoms with Crippen molar-refractivity contribution in [2.45, 2.75) is 45.1 Å². The zero-order chi connectivity index (χ0) is 13.0. The highest BCUT2D eigenvalue weighted by molar-refractivity contribution is 5.81. The summed E-state index contributed by atoms with van der Waals surface area (Å²) in [6.45, 7) is 6.01. The Balaban J connectivity index is 1.88. The van der Waals surface area contributed by atoms with E-state index in [0.29, 0.717) is 5.92 Å². The van der Waals surface area contributed by atoms with Gasteiger partial charge in [-0.15, -0.1) is 0 Å². The van der Waals surface area contributed by atoms with Gasteiger partial charge in [-0.3, -0.25) is 9.69 Å². The summed E-state index contributed by atoms with van der Waals surface area (Å²) in [5.41, 5.74) is 0. The molecular weight excluding hydrogens is 228 g/mol. The van der Waals surface area contributed by atoms with E-state index in [-0.39, 0.29) is 18.6 Å². The van der Waals surface area contributed by atoms with E-state index >= 15 is 0 Å². The lowest BCUT2D eigenvalue weighted by Gasteiger charge is -2.38. The van der Waals surface area contributed by atoms with Gasteiger partial charge in [-0.1, -0.05) is 0 Å². The maximum absolute atomic E-state index is 12.4. The maximum atomic E-state index is 12.4. The summed E-state index contributed by atoms with van der Waals surface area (Å²) >= 11 is 0. The molecule has 2 aliphatic heterocycles. The van der Waals surface area contributed by atoms with E-state index in [1.165, 1.54) is 6.42 Å². The summed E-state index contributed by atoms with van der Waals surface area (Å²) in [5.74, 6) is 0.642. The van der Waals surface area contributed by atoms with Crippen molar-refractivity contribution in [1.29, 1.82) is 0 Å². The molecule has 0 saturated carbocycles. The molecule has 2 saturated heterocycles. The van der Waals surface area contributed by atoms with Crippen LogP contribution in [0.5, 0.6) is 0 Å². The van der Waals surface area contributed by atoms with E-state index in [9.17, 15) is 9.90 Å². The first-order chi connectivity index (χ1) is 8.72. The highest BCUT2D eigenvalue weighted by Gasteiger charge is 2.30. The Morgan fingerprint density at radius 2 is 1.94 bits per heavy atom. The Hall–Kier alpha value is -0.610. The summed E-state index contributed by atoms with van der Waals surface area (Å²) < 4.78 is 0. The molecule has 18 heavy (non-hydrogen) atoms. The van der Waals surface area contributed by atoms with Gasteiger partial charge in [0.1, 0.15) is 0 Å². The van der Waals surface area contributed by atoms with Crippen LogP contribution in [0.2, 0.25) is 0 Å². The summed E-state index contributed by atoms with van der Waals surface area (Å²) in [6.07, 6.45) is 5.75. The zero-order valence-corrected chi connectivity index (χ0v) is 11.5. The Bertz CT molecular complexity index is 277. The Labute approximate surface area is 110 Å². The van der Waals surface area contributed by atoms with Gasteiger partial charge in [-0.25, -0.2) is 0 Å². The predicted octanol–water partition coefficient (Wildman–Crippen LogP) is 1.09. The van der Waals surface area contributed by atoms with Crippen LogP contribution in [0.3, 0.4) is 0 Å². The van der Waals surface area contributed by atoms with Crippen LogP contribution in [-0.4, -0.2) is 59.6 Å². The molecule has 2 rings (SSSR count). The van der Waals surface area contributed by atoms with Crippen LogP contribution in [0.15, 0.2) is 0 Å². The molecule has 1 amide bonds. The number of aliphatic hydroxyl groups excluding tert-OH is 1. The molecule has 104 valence electrons. The molecule has 2 heterocycles. The number of carbonyl (C=O) groups excluding carboxylic acids is 1. The summed E-state index contributed by atoms with van der Waals surface area (Å²) in [7, 11) is 0. The molecule has 2 atom stereocenters. The fraction of sp³-hybridized carbons (Fsp3) is 0.929. The lowest BCUT2D eigenvalue weighted by molar-refractivity contribution is -0.138. The highest BCUT2D eigenvalue weighted by Crippen LogP contribution is 2.20. The van der Waals surface area contributed by atoms with Crippen molar-refractivity contribution in [1.82, 2.24) is 9.80 Å². The number of carbonyl (C=O) groups is 1. The van der Waals surface area contributed by atoms with Gasteiger partial charge in [0.05, 0.1) is 6.04 Å². The van der Waals surface area contributed by atoms with Gasteiger partial charge in [0.2, 0.25) is 5.91 Å². The largest absolute Gasteiger partial charge is 0.396 e. The quantitative estimate of drug-likeness (QED) is 0.820. The van der Waals surface area contributed by atoms with Crippen LogP contribution in [0.1, 0.15) is 39.0 Å². The van der Waals surface area contributed by atoms with Gasteiger partial charge in [-0.05, 0) is 51.5 Å². The molecule has 2 aliphatic rings. The number of amides is 1. The van der Waals surface area contributed by atoms with E-state index in [2.05, 4.69) is 4.90 Å². The average molecular weight is 254 g/mol. The van der Waals surface area contributed by atoms with Crippen LogP contribution in [0.25, 0.3) is 0 Å². The van der Waals surface area contributed by atoms with Crippen LogP contribution in [-0.2, 0) is 4.79 Å². The standard InChI is InChI=1S/C14H26N2O2/c1-12(14(18)15-7-3-2-4-8-15)16-9-5-6-13(10-16)11-17/h12-13,17H,2-11H2,1H3. The SMILES string of the molecule is CC(C(=O)N1CCCCC1)N1CCCC(CO)C1. The Kier molecular flexibility index (Phi) is 5.01. The third-order valence-electron chi connectivity index (χ3n) is 4.38. The second kappa shape index (κ2) is 6.53.